The van der Waals surface area contributed by atoms with E-state index in [-0.39, 0.29) is 28.4 Å². The van der Waals surface area contributed by atoms with Gasteiger partial charge in [-0.15, -0.1) is 0 Å². The van der Waals surface area contributed by atoms with Gasteiger partial charge in [0, 0.05) is 50.5 Å². The Kier molecular flexibility index (Phi) is 10.1. The molecule has 4 heteroatoms. The van der Waals surface area contributed by atoms with Crippen LogP contribution in [0, 0.1) is 6.92 Å². The minimum Gasteiger partial charge on any atom is -0.455 e. The number of hydrogen-bond acceptors (Lipinski definition) is 3. The minimum atomic E-state index is -0.0231. The molecule has 9 aromatic rings. The second-order valence-electron chi connectivity index (χ2n) is 24.0. The topological polar surface area (TPSA) is 19.6 Å². The van der Waals surface area contributed by atoms with Crippen molar-refractivity contribution in [1.29, 1.82) is 0 Å². The van der Waals surface area contributed by atoms with E-state index in [2.05, 4.69) is 258 Å². The molecule has 0 bridgehead atoms. The number of nitrogens with zero attached hydrogens (tertiary/aromatic N) is 2. The SMILES string of the molecule is Cc1cc2c3c(c1)N(c1ccc(C(C)(C)C)cc1)c1cc(-c4ccc(-c5cccc6c5oc5ccc(C(C)(C)C)cc56)cc4)ccc1B3c1cc(C(C)(C)C)ccc1N2c1ccc(C(C)(C)C)cc1. The number of rotatable bonds is 4. The van der Waals surface area contributed by atoms with E-state index in [1.807, 2.05) is 0 Å². The van der Waals surface area contributed by atoms with Crippen LogP contribution in [0.25, 0.3) is 44.2 Å². The number of benzene rings is 8. The molecule has 2 aliphatic rings. The Hall–Kier alpha value is -6.78. The molecule has 0 amide bonds. The van der Waals surface area contributed by atoms with E-state index in [4.69, 9.17) is 4.42 Å². The molecule has 0 saturated carbocycles. The summed E-state index contributed by atoms with van der Waals surface area (Å²) < 4.78 is 6.62. The molecule has 0 saturated heterocycles. The second-order valence-corrected chi connectivity index (χ2v) is 24.0. The van der Waals surface area contributed by atoms with Crippen LogP contribution in [0.15, 0.2) is 162 Å². The number of hydrogen-bond donors (Lipinski definition) is 0. The van der Waals surface area contributed by atoms with Crippen LogP contribution in [0.2, 0.25) is 0 Å². The summed E-state index contributed by atoms with van der Waals surface area (Å²) in [5.41, 5.74) is 24.4. The molecule has 0 spiro atoms. The number of furan rings is 1. The Bertz CT molecular complexity index is 3470. The first-order valence-corrected chi connectivity index (χ1v) is 24.9. The maximum Gasteiger partial charge on any atom is 0.252 e. The van der Waals surface area contributed by atoms with Gasteiger partial charge in [0.2, 0.25) is 0 Å². The second kappa shape index (κ2) is 15.6. The summed E-state index contributed by atoms with van der Waals surface area (Å²) >= 11 is 0. The van der Waals surface area contributed by atoms with Crippen molar-refractivity contribution in [3.05, 3.63) is 186 Å². The predicted molar refractivity (Wildman–Crippen MR) is 298 cm³/mol. The highest BCUT2D eigenvalue weighted by Crippen LogP contribution is 2.47. The highest BCUT2D eigenvalue weighted by atomic mass is 16.3. The van der Waals surface area contributed by atoms with E-state index in [0.29, 0.717) is 0 Å². The van der Waals surface area contributed by atoms with E-state index < -0.39 is 0 Å². The monoisotopic (exact) mass is 901 g/mol. The zero-order chi connectivity index (χ0) is 48.5. The summed E-state index contributed by atoms with van der Waals surface area (Å²) in [4.78, 5) is 5.09. The summed E-state index contributed by atoms with van der Waals surface area (Å²) in [6, 6.07) is 60.2. The van der Waals surface area contributed by atoms with Gasteiger partial charge >= 0.3 is 0 Å². The number of anilines is 6. The van der Waals surface area contributed by atoms with Gasteiger partial charge in [-0.25, -0.2) is 0 Å². The van der Waals surface area contributed by atoms with Crippen molar-refractivity contribution in [2.75, 3.05) is 9.80 Å². The molecular weight excluding hydrogens is 836 g/mol. The molecule has 8 aromatic carbocycles. The van der Waals surface area contributed by atoms with Crippen molar-refractivity contribution in [2.45, 2.75) is 112 Å². The summed E-state index contributed by atoms with van der Waals surface area (Å²) in [6.45, 7) is 29.8. The van der Waals surface area contributed by atoms with E-state index >= 15 is 0 Å². The minimum absolute atomic E-state index is 0.0231. The molecule has 0 radical (unpaired) electrons. The number of para-hydroxylation sites is 1. The highest BCUT2D eigenvalue weighted by Gasteiger charge is 2.44. The Morgan fingerprint density at radius 2 is 0.899 bits per heavy atom. The average Bonchev–Trinajstić information content (AvgIpc) is 3.68. The molecule has 11 rings (SSSR count). The fourth-order valence-corrected chi connectivity index (χ4v) is 10.9. The average molecular weight is 901 g/mol. The van der Waals surface area contributed by atoms with Crippen LogP contribution in [0.3, 0.4) is 0 Å². The molecule has 0 aliphatic carbocycles. The van der Waals surface area contributed by atoms with Gasteiger partial charge in [0.25, 0.3) is 6.71 Å². The highest BCUT2D eigenvalue weighted by molar-refractivity contribution is 7.00. The van der Waals surface area contributed by atoms with Crippen LogP contribution in [0.1, 0.15) is 111 Å². The molecule has 3 nitrogen and oxygen atoms in total. The standard InChI is InChI=1S/C65H65BN2O/c1-40-35-57-60-58(36-40)68(49-30-24-45(25-31-49)63(5,6)7)56-37-43(41-17-19-42(20-18-41)50-15-14-16-51-52-38-46(64(8,9)10)27-34-59(52)69-61(50)51)21-32-53(56)66(60)54-39-47(65(11,12)13)26-33-55(54)67(57)48-28-22-44(23-29-48)62(2,3)4/h14-39H,1-13H3. The van der Waals surface area contributed by atoms with Crippen molar-refractivity contribution in [2.24, 2.45) is 0 Å². The van der Waals surface area contributed by atoms with E-state index in [0.717, 1.165) is 33.4 Å². The van der Waals surface area contributed by atoms with Crippen molar-refractivity contribution in [3.8, 4) is 22.3 Å². The van der Waals surface area contributed by atoms with Gasteiger partial charge in [-0.2, -0.15) is 0 Å². The lowest BCUT2D eigenvalue weighted by molar-refractivity contribution is 0.590. The summed E-state index contributed by atoms with van der Waals surface area (Å²) in [7, 11) is 0. The van der Waals surface area contributed by atoms with E-state index in [1.165, 1.54) is 89.2 Å². The van der Waals surface area contributed by atoms with Crippen LogP contribution >= 0.6 is 0 Å². The van der Waals surface area contributed by atoms with Gasteiger partial charge in [-0.05, 0) is 150 Å². The lowest BCUT2D eigenvalue weighted by atomic mass is 9.33. The summed E-state index contributed by atoms with van der Waals surface area (Å²) in [6.07, 6.45) is 0. The van der Waals surface area contributed by atoms with Crippen molar-refractivity contribution in [1.82, 2.24) is 0 Å². The molecular formula is C65H65BN2O. The molecule has 0 unspecified atom stereocenters. The summed E-state index contributed by atoms with van der Waals surface area (Å²) in [5, 5.41) is 2.33. The van der Waals surface area contributed by atoms with Gasteiger partial charge in [-0.3, -0.25) is 0 Å². The third-order valence-corrected chi connectivity index (χ3v) is 15.0. The fraction of sp³-hybridized carbons (Fsp3) is 0.262. The molecule has 69 heavy (non-hydrogen) atoms. The van der Waals surface area contributed by atoms with Crippen LogP contribution in [0.5, 0.6) is 0 Å². The molecule has 0 atom stereocenters. The lowest BCUT2D eigenvalue weighted by Gasteiger charge is -2.45. The van der Waals surface area contributed by atoms with Gasteiger partial charge in [0.15, 0.2) is 0 Å². The summed E-state index contributed by atoms with van der Waals surface area (Å²) in [5.74, 6) is 0. The predicted octanol–water partition coefficient (Wildman–Crippen LogP) is 16.5. The van der Waals surface area contributed by atoms with Crippen molar-refractivity contribution in [3.63, 3.8) is 0 Å². The molecule has 0 N–H and O–H groups in total. The zero-order valence-electron chi connectivity index (χ0n) is 42.9. The third-order valence-electron chi connectivity index (χ3n) is 15.0. The first kappa shape index (κ1) is 44.7. The van der Waals surface area contributed by atoms with E-state index in [9.17, 15) is 0 Å². The number of fused-ring (bicyclic) bond motifs is 7. The van der Waals surface area contributed by atoms with Gasteiger partial charge < -0.3 is 14.2 Å². The first-order chi connectivity index (χ1) is 32.6. The first-order valence-electron chi connectivity index (χ1n) is 24.9. The lowest BCUT2D eigenvalue weighted by Crippen LogP contribution is -2.61. The fourth-order valence-electron chi connectivity index (χ4n) is 10.9. The van der Waals surface area contributed by atoms with Crippen LogP contribution in [-0.4, -0.2) is 6.71 Å². The van der Waals surface area contributed by atoms with Gasteiger partial charge in [0.1, 0.15) is 11.2 Å². The molecule has 0 fully saturated rings. The smallest absolute Gasteiger partial charge is 0.252 e. The Morgan fingerprint density at radius 3 is 1.48 bits per heavy atom. The maximum absolute atomic E-state index is 6.62. The zero-order valence-corrected chi connectivity index (χ0v) is 42.9. The number of aryl methyl sites for hydroxylation is 1. The largest absolute Gasteiger partial charge is 0.455 e. The van der Waals surface area contributed by atoms with Crippen molar-refractivity contribution < 1.29 is 4.42 Å². The van der Waals surface area contributed by atoms with E-state index in [1.54, 1.807) is 0 Å². The Morgan fingerprint density at radius 1 is 0.391 bits per heavy atom. The van der Waals surface area contributed by atoms with Crippen molar-refractivity contribution >= 4 is 79.2 Å². The van der Waals surface area contributed by atoms with Gasteiger partial charge in [0.05, 0.1) is 0 Å². The molecule has 3 heterocycles. The maximum atomic E-state index is 6.62. The van der Waals surface area contributed by atoms with Crippen LogP contribution in [0.4, 0.5) is 34.1 Å². The quantitative estimate of drug-likeness (QED) is 0.164. The third kappa shape index (κ3) is 7.59. The van der Waals surface area contributed by atoms with Gasteiger partial charge in [-0.1, -0.05) is 180 Å². The van der Waals surface area contributed by atoms with Crippen LogP contribution < -0.4 is 26.2 Å². The molecule has 2 aliphatic heterocycles. The Balaban J connectivity index is 1.09. The molecule has 1 aromatic heterocycles. The van der Waals surface area contributed by atoms with Crippen LogP contribution in [-0.2, 0) is 21.7 Å². The normalized spacial score (nSPS) is 13.8. The molecule has 344 valence electrons. The Labute approximate surface area is 410 Å².